The number of rotatable bonds is 10. The van der Waals surface area contributed by atoms with Crippen LogP contribution in [-0.4, -0.2) is 90.3 Å². The fraction of sp³-hybridized carbons (Fsp3) is 0.421. The topological polar surface area (TPSA) is 130 Å². The third-order valence-electron chi connectivity index (χ3n) is 10.4. The first-order chi connectivity index (χ1) is 25.4. The van der Waals surface area contributed by atoms with Crippen molar-refractivity contribution in [2.24, 2.45) is 0 Å². The van der Waals surface area contributed by atoms with Gasteiger partial charge in [0.2, 0.25) is 5.88 Å². The number of methoxy groups -OCH3 is 1. The second kappa shape index (κ2) is 14.2. The van der Waals surface area contributed by atoms with E-state index in [1.54, 1.807) is 24.4 Å². The minimum absolute atomic E-state index is 0.0280. The lowest BCUT2D eigenvalue weighted by molar-refractivity contribution is -0.0101. The van der Waals surface area contributed by atoms with Crippen LogP contribution in [0.25, 0.3) is 32.9 Å². The van der Waals surface area contributed by atoms with Gasteiger partial charge in [0.15, 0.2) is 12.6 Å². The quantitative estimate of drug-likeness (QED) is 0.174. The summed E-state index contributed by atoms with van der Waals surface area (Å²) in [5.74, 6) is 0.220. The lowest BCUT2D eigenvalue weighted by Gasteiger charge is -2.33. The second-order valence-corrected chi connectivity index (χ2v) is 13.3. The van der Waals surface area contributed by atoms with Gasteiger partial charge in [-0.2, -0.15) is 9.97 Å². The standard InChI is InChI=1S/C38H41F2N7O5/c1-4-26-29(39)10-7-22-16-25(52-20-48-3)17-28(30(22)26)33-32(40)34-31-36(45-38(44-34)51-19-24-9-8-23-18-49-14-12-47(23)24)46(13-15-50-37(31)43-33)21(2)27-6-5-11-42-35(27)41/h5-7,10-11,16-17,21,23-24H,4,8-9,12-15,18-20H2,1-3H3,(H2,41,42)/t21?,23-,24-/m0/s1. The molecule has 0 saturated carbocycles. The molecule has 52 heavy (non-hydrogen) atoms. The summed E-state index contributed by atoms with van der Waals surface area (Å²) in [4.78, 5) is 23.1. The summed E-state index contributed by atoms with van der Waals surface area (Å²) in [6.07, 6.45) is 3.97. The van der Waals surface area contributed by atoms with Crippen molar-refractivity contribution >= 4 is 33.3 Å². The molecule has 2 saturated heterocycles. The zero-order valence-corrected chi connectivity index (χ0v) is 29.4. The maximum atomic E-state index is 17.4. The van der Waals surface area contributed by atoms with Crippen LogP contribution < -0.4 is 24.8 Å². The fourth-order valence-electron chi connectivity index (χ4n) is 7.86. The number of halogens is 2. The van der Waals surface area contributed by atoms with Gasteiger partial charge >= 0.3 is 6.01 Å². The molecule has 0 amide bonds. The Bertz CT molecular complexity index is 2140. The molecule has 272 valence electrons. The molecule has 0 radical (unpaired) electrons. The molecular formula is C38H41F2N7O5. The number of anilines is 2. The number of benzene rings is 2. The molecule has 0 aliphatic carbocycles. The Morgan fingerprint density at radius 3 is 2.75 bits per heavy atom. The van der Waals surface area contributed by atoms with E-state index >= 15 is 8.78 Å². The van der Waals surface area contributed by atoms with Gasteiger partial charge in [0.05, 0.1) is 25.8 Å². The van der Waals surface area contributed by atoms with Crippen molar-refractivity contribution in [3.8, 4) is 28.9 Å². The number of aryl methyl sites for hydroxylation is 1. The number of pyridine rings is 2. The zero-order valence-electron chi connectivity index (χ0n) is 29.4. The van der Waals surface area contributed by atoms with Crippen LogP contribution in [0.1, 0.15) is 43.9 Å². The molecule has 3 aliphatic heterocycles. The number of hydrogen-bond donors (Lipinski definition) is 1. The monoisotopic (exact) mass is 713 g/mol. The van der Waals surface area contributed by atoms with Gasteiger partial charge in [-0.1, -0.05) is 19.1 Å². The van der Waals surface area contributed by atoms with E-state index in [0.717, 1.165) is 24.9 Å². The van der Waals surface area contributed by atoms with E-state index in [4.69, 9.17) is 44.4 Å². The minimum Gasteiger partial charge on any atom is -0.475 e. The molecule has 0 bridgehead atoms. The highest BCUT2D eigenvalue weighted by Crippen LogP contribution is 2.44. The normalized spacial score (nSPS) is 19.4. The maximum absolute atomic E-state index is 17.4. The van der Waals surface area contributed by atoms with Gasteiger partial charge in [-0.25, -0.2) is 18.7 Å². The summed E-state index contributed by atoms with van der Waals surface area (Å²) in [6, 6.07) is 10.4. The van der Waals surface area contributed by atoms with E-state index in [9.17, 15) is 0 Å². The minimum atomic E-state index is -0.725. The summed E-state index contributed by atoms with van der Waals surface area (Å²) in [5.41, 5.74) is 7.79. The van der Waals surface area contributed by atoms with Crippen LogP contribution in [0.5, 0.6) is 17.6 Å². The molecule has 0 spiro atoms. The Hall–Kier alpha value is -4.92. The maximum Gasteiger partial charge on any atom is 0.319 e. The Kier molecular flexibility index (Phi) is 9.36. The number of ether oxygens (including phenoxy) is 5. The van der Waals surface area contributed by atoms with Crippen molar-refractivity contribution in [1.82, 2.24) is 24.8 Å². The number of nitrogens with zero attached hydrogens (tertiary/aromatic N) is 6. The summed E-state index contributed by atoms with van der Waals surface area (Å²) < 4.78 is 62.0. The second-order valence-electron chi connectivity index (χ2n) is 13.3. The molecule has 1 unspecified atom stereocenters. The SMILES string of the molecule is CCc1c(F)ccc2cc(OCOC)cc(-c3nc4c5c(nc(OC[C@@H]6CC[C@H]7COCCN76)nc5c3F)N(C(C)c3cccnc3N)CCO4)c12. The van der Waals surface area contributed by atoms with E-state index in [0.29, 0.717) is 83.5 Å². The first kappa shape index (κ1) is 34.2. The highest BCUT2D eigenvalue weighted by Gasteiger charge is 2.37. The Balaban J connectivity index is 1.31. The van der Waals surface area contributed by atoms with Crippen LogP contribution in [-0.2, 0) is 15.9 Å². The fourth-order valence-corrected chi connectivity index (χ4v) is 7.86. The molecule has 6 heterocycles. The average molecular weight is 714 g/mol. The molecule has 12 nitrogen and oxygen atoms in total. The van der Waals surface area contributed by atoms with Crippen molar-refractivity contribution in [2.45, 2.75) is 51.2 Å². The smallest absolute Gasteiger partial charge is 0.319 e. The molecule has 2 fully saturated rings. The van der Waals surface area contributed by atoms with Crippen LogP contribution in [0.3, 0.4) is 0 Å². The van der Waals surface area contributed by atoms with Gasteiger partial charge in [-0.05, 0) is 66.8 Å². The molecule has 3 aromatic heterocycles. The highest BCUT2D eigenvalue weighted by atomic mass is 19.1. The average Bonchev–Trinajstić information content (AvgIpc) is 3.49. The molecule has 2 aromatic carbocycles. The Morgan fingerprint density at radius 2 is 1.92 bits per heavy atom. The first-order valence-corrected chi connectivity index (χ1v) is 17.7. The number of aromatic nitrogens is 4. The lowest BCUT2D eigenvalue weighted by Crippen LogP contribution is -2.46. The van der Waals surface area contributed by atoms with Crippen LogP contribution in [0.2, 0.25) is 0 Å². The summed E-state index contributed by atoms with van der Waals surface area (Å²) in [6.45, 7) is 6.93. The third kappa shape index (κ3) is 6.07. The molecule has 8 rings (SSSR count). The molecule has 3 atom stereocenters. The van der Waals surface area contributed by atoms with Crippen molar-refractivity contribution in [1.29, 1.82) is 0 Å². The van der Waals surface area contributed by atoms with Gasteiger partial charge in [0.1, 0.15) is 53.0 Å². The summed E-state index contributed by atoms with van der Waals surface area (Å²) in [7, 11) is 1.51. The predicted molar refractivity (Wildman–Crippen MR) is 192 cm³/mol. The van der Waals surface area contributed by atoms with Crippen LogP contribution in [0.15, 0.2) is 42.6 Å². The number of nitrogen functional groups attached to an aromatic ring is 1. The van der Waals surface area contributed by atoms with E-state index < -0.39 is 11.6 Å². The first-order valence-electron chi connectivity index (χ1n) is 17.7. The third-order valence-corrected chi connectivity index (χ3v) is 10.4. The van der Waals surface area contributed by atoms with Gasteiger partial charge in [0.25, 0.3) is 0 Å². The lowest BCUT2D eigenvalue weighted by atomic mass is 9.94. The molecule has 2 N–H and O–H groups in total. The predicted octanol–water partition coefficient (Wildman–Crippen LogP) is 5.85. The van der Waals surface area contributed by atoms with Crippen LogP contribution >= 0.6 is 0 Å². The van der Waals surface area contributed by atoms with E-state index in [1.807, 2.05) is 30.9 Å². The molecular weight excluding hydrogens is 672 g/mol. The van der Waals surface area contributed by atoms with E-state index in [1.165, 1.54) is 13.2 Å². The number of nitrogens with two attached hydrogens (primary N) is 1. The van der Waals surface area contributed by atoms with Gasteiger partial charge in [-0.15, -0.1) is 0 Å². The summed E-state index contributed by atoms with van der Waals surface area (Å²) in [5, 5.41) is 1.48. The van der Waals surface area contributed by atoms with Gasteiger partial charge in [0, 0.05) is 43.1 Å². The van der Waals surface area contributed by atoms with Gasteiger partial charge in [-0.3, -0.25) is 4.90 Å². The Labute approximate surface area is 299 Å². The largest absolute Gasteiger partial charge is 0.475 e. The van der Waals surface area contributed by atoms with Crippen molar-refractivity contribution in [2.75, 3.05) is 64.1 Å². The van der Waals surface area contributed by atoms with Crippen molar-refractivity contribution < 1.29 is 32.5 Å². The van der Waals surface area contributed by atoms with E-state index in [-0.39, 0.29) is 48.6 Å². The van der Waals surface area contributed by atoms with Gasteiger partial charge < -0.3 is 34.3 Å². The summed E-state index contributed by atoms with van der Waals surface area (Å²) >= 11 is 0. The van der Waals surface area contributed by atoms with Crippen molar-refractivity contribution in [3.05, 3.63) is 65.4 Å². The van der Waals surface area contributed by atoms with Crippen molar-refractivity contribution in [3.63, 3.8) is 0 Å². The highest BCUT2D eigenvalue weighted by molar-refractivity contribution is 6.03. The number of fused-ring (bicyclic) bond motifs is 2. The molecule has 3 aliphatic rings. The van der Waals surface area contributed by atoms with E-state index in [2.05, 4.69) is 9.88 Å². The molecule has 5 aromatic rings. The zero-order chi connectivity index (χ0) is 35.9. The van der Waals surface area contributed by atoms with Crippen LogP contribution in [0, 0.1) is 11.6 Å². The number of hydrogen-bond acceptors (Lipinski definition) is 12. The number of morpholine rings is 1. The molecule has 14 heteroatoms. The van der Waals surface area contributed by atoms with Crippen LogP contribution in [0.4, 0.5) is 20.4 Å². The Morgan fingerprint density at radius 1 is 1.04 bits per heavy atom.